The molecule has 0 atom stereocenters. The molecule has 5 nitrogen and oxygen atoms in total. The minimum atomic E-state index is 0.00607. The number of hydrogen-bond donors (Lipinski definition) is 3. The van der Waals surface area contributed by atoms with E-state index in [1.807, 2.05) is 61.5 Å². The summed E-state index contributed by atoms with van der Waals surface area (Å²) in [5.41, 5.74) is 11.4. The quantitative estimate of drug-likeness (QED) is 0.750. The number of nitrogens with two attached hydrogens (primary N) is 1. The second kappa shape index (κ2) is 7.66. The Bertz CT molecular complexity index is 825. The first kappa shape index (κ1) is 16.8. The van der Waals surface area contributed by atoms with Crippen LogP contribution in [0.5, 0.6) is 0 Å². The van der Waals surface area contributed by atoms with E-state index in [0.29, 0.717) is 25.2 Å². The van der Waals surface area contributed by atoms with Gasteiger partial charge >= 0.3 is 0 Å². The Morgan fingerprint density at radius 1 is 1.20 bits per heavy atom. The number of allylic oxidation sites excluding steroid dienone is 1. The maximum absolute atomic E-state index is 11.7. The summed E-state index contributed by atoms with van der Waals surface area (Å²) in [4.78, 5) is 16.3. The van der Waals surface area contributed by atoms with E-state index >= 15 is 0 Å². The summed E-state index contributed by atoms with van der Waals surface area (Å²) >= 11 is 0. The predicted molar refractivity (Wildman–Crippen MR) is 104 cm³/mol. The van der Waals surface area contributed by atoms with Gasteiger partial charge in [-0.2, -0.15) is 0 Å². The number of nitrogens with zero attached hydrogens (tertiary/aromatic N) is 1. The molecule has 0 bridgehead atoms. The van der Waals surface area contributed by atoms with Crippen molar-refractivity contribution in [2.45, 2.75) is 19.9 Å². The van der Waals surface area contributed by atoms with Gasteiger partial charge in [-0.1, -0.05) is 42.5 Å². The number of rotatable bonds is 4. The normalized spacial score (nSPS) is 15.0. The summed E-state index contributed by atoms with van der Waals surface area (Å²) in [7, 11) is 0. The van der Waals surface area contributed by atoms with Gasteiger partial charge < -0.3 is 16.4 Å². The number of fused-ring (bicyclic) bond motifs is 1. The number of aliphatic imine (C=N–C) groups is 1. The minimum absolute atomic E-state index is 0.00607. The van der Waals surface area contributed by atoms with Crippen molar-refractivity contribution in [2.75, 3.05) is 17.2 Å². The van der Waals surface area contributed by atoms with Crippen molar-refractivity contribution in [1.82, 2.24) is 0 Å². The van der Waals surface area contributed by atoms with Crippen LogP contribution >= 0.6 is 0 Å². The van der Waals surface area contributed by atoms with E-state index < -0.39 is 0 Å². The minimum Gasteiger partial charge on any atom is -0.398 e. The van der Waals surface area contributed by atoms with Crippen molar-refractivity contribution in [2.24, 2.45) is 10.7 Å². The first-order valence-electron chi connectivity index (χ1n) is 8.33. The molecule has 25 heavy (non-hydrogen) atoms. The summed E-state index contributed by atoms with van der Waals surface area (Å²) in [6, 6.07) is 15.8. The second-order valence-corrected chi connectivity index (χ2v) is 6.00. The van der Waals surface area contributed by atoms with Crippen molar-refractivity contribution < 1.29 is 4.79 Å². The fourth-order valence-corrected chi connectivity index (χ4v) is 2.75. The maximum atomic E-state index is 11.7. The van der Waals surface area contributed by atoms with Crippen molar-refractivity contribution in [1.29, 1.82) is 0 Å². The predicted octanol–water partition coefficient (Wildman–Crippen LogP) is 3.40. The van der Waals surface area contributed by atoms with Crippen LogP contribution < -0.4 is 16.4 Å². The number of hydrogen-bond acceptors (Lipinski definition) is 4. The highest BCUT2D eigenvalue weighted by molar-refractivity contribution is 6.02. The molecular formula is C20H22N4O. The largest absolute Gasteiger partial charge is 0.398 e. The Morgan fingerprint density at radius 2 is 2.00 bits per heavy atom. The molecule has 0 fully saturated rings. The Balaban J connectivity index is 1.83. The zero-order valence-electron chi connectivity index (χ0n) is 14.3. The number of benzene rings is 2. The maximum Gasteiger partial charge on any atom is 0.226 e. The molecule has 0 spiro atoms. The highest BCUT2D eigenvalue weighted by Crippen LogP contribution is 2.31. The summed E-state index contributed by atoms with van der Waals surface area (Å²) in [6.45, 7) is 3.15. The molecule has 0 unspecified atom stereocenters. The van der Waals surface area contributed by atoms with Crippen molar-refractivity contribution in [3.8, 4) is 0 Å². The molecule has 0 saturated heterocycles. The number of carbonyl (C=O) groups excluding carboxylic acids is 1. The molecule has 0 aliphatic carbocycles. The average Bonchev–Trinajstić information content (AvgIpc) is 2.81. The van der Waals surface area contributed by atoms with Crippen LogP contribution in [0.25, 0.3) is 5.70 Å². The van der Waals surface area contributed by atoms with Gasteiger partial charge in [-0.15, -0.1) is 0 Å². The van der Waals surface area contributed by atoms with Crippen LogP contribution in [0, 0.1) is 0 Å². The lowest BCUT2D eigenvalue weighted by molar-refractivity contribution is -0.115. The number of amides is 1. The Hall–Kier alpha value is -3.08. The molecule has 0 aromatic heterocycles. The van der Waals surface area contributed by atoms with Gasteiger partial charge in [0.2, 0.25) is 5.91 Å². The number of para-hydroxylation sites is 1. The van der Waals surface area contributed by atoms with Crippen LogP contribution in [0.4, 0.5) is 11.4 Å². The highest BCUT2D eigenvalue weighted by Gasteiger charge is 2.16. The smallest absolute Gasteiger partial charge is 0.226 e. The van der Waals surface area contributed by atoms with Crippen LogP contribution in [-0.4, -0.2) is 18.2 Å². The Labute approximate surface area is 147 Å². The Kier molecular flexibility index (Phi) is 5.14. The third kappa shape index (κ3) is 4.26. The lowest BCUT2D eigenvalue weighted by Gasteiger charge is -2.14. The average molecular weight is 334 g/mol. The Morgan fingerprint density at radius 3 is 2.80 bits per heavy atom. The van der Waals surface area contributed by atoms with E-state index in [0.717, 1.165) is 28.2 Å². The SMILES string of the molecule is CC(C=C(N)c1cccc2c1NCCC(=O)N2)=NCc1ccccc1. The van der Waals surface area contributed by atoms with E-state index in [1.54, 1.807) is 0 Å². The number of nitrogens with one attached hydrogen (secondary N) is 2. The van der Waals surface area contributed by atoms with E-state index in [-0.39, 0.29) is 5.91 Å². The molecular weight excluding hydrogens is 312 g/mol. The van der Waals surface area contributed by atoms with Crippen LogP contribution in [0.1, 0.15) is 24.5 Å². The molecule has 128 valence electrons. The molecule has 0 saturated carbocycles. The van der Waals surface area contributed by atoms with Gasteiger partial charge in [0, 0.05) is 29.9 Å². The van der Waals surface area contributed by atoms with E-state index in [2.05, 4.69) is 15.6 Å². The molecule has 3 rings (SSSR count). The zero-order valence-corrected chi connectivity index (χ0v) is 14.3. The monoisotopic (exact) mass is 334 g/mol. The third-order valence-corrected chi connectivity index (χ3v) is 4.02. The molecule has 2 aromatic rings. The number of carbonyl (C=O) groups is 1. The fraction of sp³-hybridized carbons (Fsp3) is 0.200. The van der Waals surface area contributed by atoms with Gasteiger partial charge in [0.1, 0.15) is 0 Å². The summed E-state index contributed by atoms with van der Waals surface area (Å²) in [6.07, 6.45) is 2.31. The molecule has 1 aliphatic rings. The van der Waals surface area contributed by atoms with Gasteiger partial charge in [0.15, 0.2) is 0 Å². The molecule has 0 radical (unpaired) electrons. The fourth-order valence-electron chi connectivity index (χ4n) is 2.75. The topological polar surface area (TPSA) is 79.5 Å². The van der Waals surface area contributed by atoms with Gasteiger partial charge in [0.25, 0.3) is 0 Å². The van der Waals surface area contributed by atoms with Crippen LogP contribution in [0.3, 0.4) is 0 Å². The molecule has 1 aliphatic heterocycles. The first-order chi connectivity index (χ1) is 12.1. The lowest BCUT2D eigenvalue weighted by Crippen LogP contribution is -2.10. The van der Waals surface area contributed by atoms with Crippen LogP contribution in [0.2, 0.25) is 0 Å². The standard InChI is InChI=1S/C20H22N4O/c1-14(23-13-15-6-3-2-4-7-15)12-17(21)16-8-5-9-18-20(16)22-11-10-19(25)24-18/h2-9,12,22H,10-11,13,21H2,1H3,(H,24,25). The summed E-state index contributed by atoms with van der Waals surface area (Å²) in [5, 5.41) is 6.20. The lowest BCUT2D eigenvalue weighted by atomic mass is 10.1. The van der Waals surface area contributed by atoms with E-state index in [9.17, 15) is 4.79 Å². The van der Waals surface area contributed by atoms with E-state index in [1.165, 1.54) is 0 Å². The first-order valence-corrected chi connectivity index (χ1v) is 8.33. The van der Waals surface area contributed by atoms with Gasteiger partial charge in [0.05, 0.1) is 17.9 Å². The molecule has 5 heteroatoms. The van der Waals surface area contributed by atoms with E-state index in [4.69, 9.17) is 5.73 Å². The molecule has 1 amide bonds. The molecule has 2 aromatic carbocycles. The van der Waals surface area contributed by atoms with Crippen molar-refractivity contribution >= 4 is 28.7 Å². The third-order valence-electron chi connectivity index (χ3n) is 4.02. The highest BCUT2D eigenvalue weighted by atomic mass is 16.1. The van der Waals surface area contributed by atoms with Crippen molar-refractivity contribution in [3.05, 3.63) is 65.7 Å². The van der Waals surface area contributed by atoms with Crippen LogP contribution in [-0.2, 0) is 11.3 Å². The van der Waals surface area contributed by atoms with Gasteiger partial charge in [-0.25, -0.2) is 0 Å². The van der Waals surface area contributed by atoms with Gasteiger partial charge in [-0.3, -0.25) is 9.79 Å². The summed E-state index contributed by atoms with van der Waals surface area (Å²) in [5.74, 6) is 0.00607. The van der Waals surface area contributed by atoms with Gasteiger partial charge in [-0.05, 0) is 24.6 Å². The molecule has 4 N–H and O–H groups in total. The van der Waals surface area contributed by atoms with Crippen LogP contribution in [0.15, 0.2) is 59.6 Å². The second-order valence-electron chi connectivity index (χ2n) is 6.00. The summed E-state index contributed by atoms with van der Waals surface area (Å²) < 4.78 is 0. The molecule has 1 heterocycles. The number of anilines is 2. The zero-order chi connectivity index (χ0) is 17.6. The van der Waals surface area contributed by atoms with Crippen molar-refractivity contribution in [3.63, 3.8) is 0 Å².